The molecule has 9 heteroatoms. The van der Waals surface area contributed by atoms with Crippen molar-refractivity contribution in [1.29, 1.82) is 0 Å². The van der Waals surface area contributed by atoms with Gasteiger partial charge in [-0.2, -0.15) is 0 Å². The summed E-state index contributed by atoms with van der Waals surface area (Å²) in [5.41, 5.74) is 0. The molecular weight excluding hydrogens is 511 g/mol. The second-order valence-electron chi connectivity index (χ2n) is 8.37. The van der Waals surface area contributed by atoms with Crippen molar-refractivity contribution in [3.63, 3.8) is 0 Å². The molecule has 0 aliphatic rings. The van der Waals surface area contributed by atoms with E-state index in [1.165, 1.54) is 0 Å². The number of aliphatic hydroxyl groups excluding tert-OH is 1. The van der Waals surface area contributed by atoms with Crippen LogP contribution in [0, 0.1) is 17.8 Å². The molecule has 0 bridgehead atoms. The molecule has 0 aromatic carbocycles. The fourth-order valence-electron chi connectivity index (χ4n) is 3.35. The van der Waals surface area contributed by atoms with Crippen LogP contribution < -0.4 is 10.6 Å². The van der Waals surface area contributed by atoms with Gasteiger partial charge >= 0.3 is 0 Å². The second kappa shape index (κ2) is 17.1. The van der Waals surface area contributed by atoms with Crippen LogP contribution >= 0.6 is 35.7 Å². The zero-order chi connectivity index (χ0) is 21.6. The fraction of sp³-hybridized carbons (Fsp3) is 0.857. The highest BCUT2D eigenvalue weighted by Gasteiger charge is 2.13. The zero-order valence-electron chi connectivity index (χ0n) is 19.6. The van der Waals surface area contributed by atoms with Gasteiger partial charge in [0, 0.05) is 39.2 Å². The van der Waals surface area contributed by atoms with Crippen LogP contribution in [0.25, 0.3) is 0 Å². The Balaban J connectivity index is 0.00000841. The maximum Gasteiger partial charge on any atom is 0.191 e. The van der Waals surface area contributed by atoms with E-state index in [-0.39, 0.29) is 30.6 Å². The number of halogens is 1. The molecule has 1 aromatic rings. The summed E-state index contributed by atoms with van der Waals surface area (Å²) in [5, 5.41) is 25.8. The number of hydrogen-bond donors (Lipinski definition) is 3. The number of rotatable bonds is 14. The Bertz CT molecular complexity index is 594. The standard InChI is InChI=1S/C21H42N6OS.HI/c1-7-22-20(24-14-18(10-12-28)13-16(2)3)23-11-8-9-19-25-26-21(29-6)27(19)15-17(4)5;/h16-18,28H,7-15H2,1-6H3,(H2,22,23,24);1H. The van der Waals surface area contributed by atoms with E-state index in [1.807, 2.05) is 0 Å². The molecule has 30 heavy (non-hydrogen) atoms. The topological polar surface area (TPSA) is 87.4 Å². The van der Waals surface area contributed by atoms with Gasteiger partial charge in [0.25, 0.3) is 0 Å². The van der Waals surface area contributed by atoms with Crippen molar-refractivity contribution in [1.82, 2.24) is 25.4 Å². The molecule has 1 unspecified atom stereocenters. The third-order valence-corrected chi connectivity index (χ3v) is 5.25. The monoisotopic (exact) mass is 554 g/mol. The highest BCUT2D eigenvalue weighted by atomic mass is 127. The average Bonchev–Trinajstić information content (AvgIpc) is 3.03. The third-order valence-electron chi connectivity index (χ3n) is 4.59. The molecule has 0 saturated heterocycles. The molecule has 0 aliphatic carbocycles. The predicted octanol–water partition coefficient (Wildman–Crippen LogP) is 3.81. The van der Waals surface area contributed by atoms with Crippen LogP contribution in [-0.2, 0) is 13.0 Å². The lowest BCUT2D eigenvalue weighted by atomic mass is 9.94. The number of guanidine groups is 1. The first kappa shape index (κ1) is 29.5. The summed E-state index contributed by atoms with van der Waals surface area (Å²) < 4.78 is 2.25. The van der Waals surface area contributed by atoms with Crippen molar-refractivity contribution in [3.05, 3.63) is 5.82 Å². The summed E-state index contributed by atoms with van der Waals surface area (Å²) in [6.07, 6.45) is 5.82. The van der Waals surface area contributed by atoms with E-state index in [1.54, 1.807) is 11.8 Å². The van der Waals surface area contributed by atoms with E-state index in [0.29, 0.717) is 17.8 Å². The Morgan fingerprint density at radius 2 is 1.90 bits per heavy atom. The summed E-state index contributed by atoms with van der Waals surface area (Å²) in [4.78, 5) is 4.75. The lowest BCUT2D eigenvalue weighted by molar-refractivity contribution is 0.245. The third kappa shape index (κ3) is 11.7. The molecule has 176 valence electrons. The summed E-state index contributed by atoms with van der Waals surface area (Å²) in [5.74, 6) is 3.53. The van der Waals surface area contributed by atoms with Gasteiger partial charge in [-0.15, -0.1) is 34.2 Å². The number of aliphatic imine (C=N–C) groups is 1. The minimum Gasteiger partial charge on any atom is -0.396 e. The lowest BCUT2D eigenvalue weighted by Crippen LogP contribution is -2.38. The molecular formula is C21H43IN6OS. The van der Waals surface area contributed by atoms with Crippen molar-refractivity contribution < 1.29 is 5.11 Å². The maximum atomic E-state index is 9.30. The number of aryl methyl sites for hydroxylation is 1. The van der Waals surface area contributed by atoms with Crippen LogP contribution in [0.5, 0.6) is 0 Å². The van der Waals surface area contributed by atoms with E-state index in [0.717, 1.165) is 68.8 Å². The maximum absolute atomic E-state index is 9.30. The van der Waals surface area contributed by atoms with Crippen molar-refractivity contribution in [2.24, 2.45) is 22.7 Å². The number of aromatic nitrogens is 3. The van der Waals surface area contributed by atoms with Crippen LogP contribution in [0.15, 0.2) is 10.1 Å². The van der Waals surface area contributed by atoms with Crippen LogP contribution in [0.1, 0.15) is 59.7 Å². The molecule has 0 amide bonds. The number of nitrogens with zero attached hydrogens (tertiary/aromatic N) is 4. The van der Waals surface area contributed by atoms with Gasteiger partial charge in [0.15, 0.2) is 11.1 Å². The molecule has 7 nitrogen and oxygen atoms in total. The predicted molar refractivity (Wildman–Crippen MR) is 139 cm³/mol. The molecule has 0 radical (unpaired) electrons. The zero-order valence-corrected chi connectivity index (χ0v) is 22.8. The van der Waals surface area contributed by atoms with E-state index in [9.17, 15) is 5.11 Å². The van der Waals surface area contributed by atoms with E-state index in [4.69, 9.17) is 4.99 Å². The van der Waals surface area contributed by atoms with Gasteiger partial charge in [0.05, 0.1) is 0 Å². The van der Waals surface area contributed by atoms with Gasteiger partial charge in [-0.1, -0.05) is 39.5 Å². The Kier molecular flexibility index (Phi) is 16.7. The van der Waals surface area contributed by atoms with Crippen molar-refractivity contribution >= 4 is 41.7 Å². The van der Waals surface area contributed by atoms with E-state index < -0.39 is 0 Å². The van der Waals surface area contributed by atoms with E-state index >= 15 is 0 Å². The Hall–Kier alpha value is -0.550. The molecule has 1 rings (SSSR count). The molecule has 3 N–H and O–H groups in total. The number of aliphatic hydroxyl groups is 1. The van der Waals surface area contributed by atoms with E-state index in [2.05, 4.69) is 66.3 Å². The Labute approximate surface area is 204 Å². The highest BCUT2D eigenvalue weighted by Crippen LogP contribution is 2.17. The minimum absolute atomic E-state index is 0. The molecule has 0 fully saturated rings. The fourth-order valence-corrected chi connectivity index (χ4v) is 3.87. The second-order valence-corrected chi connectivity index (χ2v) is 9.14. The average molecular weight is 555 g/mol. The summed E-state index contributed by atoms with van der Waals surface area (Å²) in [7, 11) is 0. The summed E-state index contributed by atoms with van der Waals surface area (Å²) >= 11 is 1.65. The minimum atomic E-state index is 0. The Morgan fingerprint density at radius 1 is 1.17 bits per heavy atom. The van der Waals surface area contributed by atoms with Crippen LogP contribution in [0.3, 0.4) is 0 Å². The number of thioether (sulfide) groups is 1. The van der Waals surface area contributed by atoms with Gasteiger partial charge in [0.1, 0.15) is 5.82 Å². The van der Waals surface area contributed by atoms with Gasteiger partial charge in [0.2, 0.25) is 0 Å². The lowest BCUT2D eigenvalue weighted by Gasteiger charge is -2.17. The Morgan fingerprint density at radius 3 is 2.47 bits per heavy atom. The molecule has 1 heterocycles. The highest BCUT2D eigenvalue weighted by molar-refractivity contribution is 14.0. The van der Waals surface area contributed by atoms with Crippen molar-refractivity contribution in [3.8, 4) is 0 Å². The number of nitrogens with one attached hydrogen (secondary N) is 2. The van der Waals surface area contributed by atoms with Gasteiger partial charge in [-0.25, -0.2) is 0 Å². The quantitative estimate of drug-likeness (QED) is 0.107. The summed E-state index contributed by atoms with van der Waals surface area (Å²) in [6, 6.07) is 0. The first-order chi connectivity index (χ1) is 13.9. The SMILES string of the molecule is CCNC(=NCC(CCO)CC(C)C)NCCCc1nnc(SC)n1CC(C)C.I. The van der Waals surface area contributed by atoms with Gasteiger partial charge < -0.3 is 20.3 Å². The van der Waals surface area contributed by atoms with Gasteiger partial charge in [-0.05, 0) is 50.2 Å². The molecule has 0 spiro atoms. The normalized spacial score (nSPS) is 12.9. The molecule has 0 aliphatic heterocycles. The van der Waals surface area contributed by atoms with Crippen molar-refractivity contribution in [2.45, 2.75) is 72.0 Å². The van der Waals surface area contributed by atoms with Crippen LogP contribution in [-0.4, -0.2) is 58.3 Å². The molecule has 0 saturated carbocycles. The van der Waals surface area contributed by atoms with Crippen LogP contribution in [0.2, 0.25) is 0 Å². The number of hydrogen-bond acceptors (Lipinski definition) is 5. The first-order valence-electron chi connectivity index (χ1n) is 11.0. The largest absolute Gasteiger partial charge is 0.396 e. The van der Waals surface area contributed by atoms with Crippen LogP contribution in [0.4, 0.5) is 0 Å². The smallest absolute Gasteiger partial charge is 0.191 e. The summed E-state index contributed by atoms with van der Waals surface area (Å²) in [6.45, 7) is 14.6. The van der Waals surface area contributed by atoms with Gasteiger partial charge in [-0.3, -0.25) is 4.99 Å². The molecule has 1 atom stereocenters. The molecule has 1 aromatic heterocycles. The van der Waals surface area contributed by atoms with Crippen molar-refractivity contribution in [2.75, 3.05) is 32.5 Å². The first-order valence-corrected chi connectivity index (χ1v) is 12.2.